The minimum absolute atomic E-state index is 0.00925. The van der Waals surface area contributed by atoms with Crippen molar-refractivity contribution < 1.29 is 17.2 Å². The van der Waals surface area contributed by atoms with E-state index >= 15 is 0 Å². The monoisotopic (exact) mass is 387 g/mol. The van der Waals surface area contributed by atoms with Crippen molar-refractivity contribution in [3.8, 4) is 0 Å². The minimum Gasteiger partial charge on any atom is -0.337 e. The first-order chi connectivity index (χ1) is 12.9. The Bertz CT molecular complexity index is 1200. The number of sulfone groups is 1. The van der Waals surface area contributed by atoms with Crippen LogP contribution in [0, 0.1) is 11.6 Å². The summed E-state index contributed by atoms with van der Waals surface area (Å²) in [5.74, 6) is -1.51. The fourth-order valence-corrected chi connectivity index (χ4v) is 4.28. The zero-order chi connectivity index (χ0) is 19.0. The maximum atomic E-state index is 13.8. The molecule has 0 saturated carbocycles. The number of dihydropyridines is 1. The highest BCUT2D eigenvalue weighted by atomic mass is 32.2. The van der Waals surface area contributed by atoms with E-state index in [0.717, 1.165) is 24.6 Å². The lowest BCUT2D eigenvalue weighted by Gasteiger charge is -2.06. The quantitative estimate of drug-likeness (QED) is 0.744. The minimum atomic E-state index is -3.86. The van der Waals surface area contributed by atoms with E-state index in [1.807, 2.05) is 12.2 Å². The second kappa shape index (κ2) is 6.70. The maximum Gasteiger partial charge on any atom is 0.182 e. The zero-order valence-electron chi connectivity index (χ0n) is 14.1. The van der Waals surface area contributed by atoms with Crippen LogP contribution < -0.4 is 0 Å². The molecule has 1 N–H and O–H groups in total. The molecule has 5 nitrogen and oxygen atoms in total. The number of rotatable bonds is 4. The normalized spacial score (nSPS) is 14.5. The number of imidazole rings is 1. The number of fused-ring (bicyclic) bond motifs is 1. The number of aliphatic imine (C=N–C) groups is 1. The van der Waals surface area contributed by atoms with Gasteiger partial charge in [-0.05, 0) is 48.9 Å². The summed E-state index contributed by atoms with van der Waals surface area (Å²) in [6.07, 6.45) is 4.74. The summed E-state index contributed by atoms with van der Waals surface area (Å²) in [5.41, 5.74) is 1.64. The molecule has 8 heteroatoms. The molecule has 1 aliphatic heterocycles. The summed E-state index contributed by atoms with van der Waals surface area (Å²) in [6, 6.07) is 7.21. The van der Waals surface area contributed by atoms with Crippen LogP contribution in [0.4, 0.5) is 8.78 Å². The Morgan fingerprint density at radius 1 is 1.11 bits per heavy atom. The first-order valence-electron chi connectivity index (χ1n) is 8.30. The van der Waals surface area contributed by atoms with E-state index in [4.69, 9.17) is 0 Å². The second-order valence-electron chi connectivity index (χ2n) is 6.22. The lowest BCUT2D eigenvalue weighted by atomic mass is 10.2. The van der Waals surface area contributed by atoms with E-state index in [2.05, 4.69) is 15.0 Å². The fourth-order valence-electron chi connectivity index (χ4n) is 2.91. The number of halogens is 2. The van der Waals surface area contributed by atoms with E-state index in [0.29, 0.717) is 29.1 Å². The molecule has 0 atom stereocenters. The van der Waals surface area contributed by atoms with Gasteiger partial charge in [0.1, 0.15) is 11.6 Å². The van der Waals surface area contributed by atoms with Gasteiger partial charge in [0.2, 0.25) is 0 Å². The second-order valence-corrected chi connectivity index (χ2v) is 8.21. The van der Waals surface area contributed by atoms with Crippen LogP contribution >= 0.6 is 0 Å². The van der Waals surface area contributed by atoms with Crippen molar-refractivity contribution in [1.29, 1.82) is 0 Å². The molecule has 0 bridgehead atoms. The van der Waals surface area contributed by atoms with Crippen molar-refractivity contribution in [1.82, 2.24) is 9.97 Å². The van der Waals surface area contributed by atoms with Crippen LogP contribution in [0.2, 0.25) is 0 Å². The van der Waals surface area contributed by atoms with Crippen molar-refractivity contribution >= 4 is 26.6 Å². The van der Waals surface area contributed by atoms with Gasteiger partial charge in [0.25, 0.3) is 0 Å². The molecule has 0 amide bonds. The van der Waals surface area contributed by atoms with Gasteiger partial charge in [-0.3, -0.25) is 4.99 Å². The molecule has 3 aromatic rings. The molecule has 0 fully saturated rings. The van der Waals surface area contributed by atoms with E-state index < -0.39 is 27.2 Å². The predicted molar refractivity (Wildman–Crippen MR) is 98.5 cm³/mol. The van der Waals surface area contributed by atoms with Gasteiger partial charge >= 0.3 is 0 Å². The van der Waals surface area contributed by atoms with Crippen molar-refractivity contribution in [2.45, 2.75) is 17.1 Å². The Hall–Kier alpha value is -2.87. The Morgan fingerprint density at radius 2 is 1.96 bits per heavy atom. The van der Waals surface area contributed by atoms with Gasteiger partial charge in [0.15, 0.2) is 15.7 Å². The molecule has 27 heavy (non-hydrogen) atoms. The van der Waals surface area contributed by atoms with Gasteiger partial charge in [0, 0.05) is 12.1 Å². The summed E-state index contributed by atoms with van der Waals surface area (Å²) in [7, 11) is -3.86. The first-order valence-corrected chi connectivity index (χ1v) is 9.95. The van der Waals surface area contributed by atoms with E-state index in [1.165, 1.54) is 12.1 Å². The van der Waals surface area contributed by atoms with E-state index in [-0.39, 0.29) is 10.5 Å². The lowest BCUT2D eigenvalue weighted by molar-refractivity contribution is 0.578. The van der Waals surface area contributed by atoms with Crippen molar-refractivity contribution in [2.75, 3.05) is 6.54 Å². The summed E-state index contributed by atoms with van der Waals surface area (Å²) in [6.45, 7) is 0.682. The number of aromatic nitrogens is 2. The van der Waals surface area contributed by atoms with Gasteiger partial charge in [-0.25, -0.2) is 22.2 Å². The number of benzene rings is 2. The number of allylic oxidation sites excluding steroid dienone is 1. The van der Waals surface area contributed by atoms with Crippen molar-refractivity contribution in [3.05, 3.63) is 71.6 Å². The highest BCUT2D eigenvalue weighted by Crippen LogP contribution is 2.23. The predicted octanol–water partition coefficient (Wildman–Crippen LogP) is 3.56. The fraction of sp³-hybridized carbons (Fsp3) is 0.158. The SMILES string of the molecule is O=S(=O)(Cc1cc(F)ccc1F)c1ccc2nc(C3=NCCC=C3)[nH]c2c1. The third-order valence-electron chi connectivity index (χ3n) is 4.26. The highest BCUT2D eigenvalue weighted by molar-refractivity contribution is 7.90. The Kier molecular flexibility index (Phi) is 4.35. The zero-order valence-corrected chi connectivity index (χ0v) is 14.9. The van der Waals surface area contributed by atoms with Crippen LogP contribution in [-0.2, 0) is 15.6 Å². The molecule has 138 valence electrons. The van der Waals surface area contributed by atoms with Gasteiger partial charge in [-0.1, -0.05) is 6.08 Å². The summed E-state index contributed by atoms with van der Waals surface area (Å²) < 4.78 is 52.5. The largest absolute Gasteiger partial charge is 0.337 e. The molecule has 0 saturated heterocycles. The van der Waals surface area contributed by atoms with E-state index in [1.54, 1.807) is 6.07 Å². The van der Waals surface area contributed by atoms with Crippen LogP contribution in [0.5, 0.6) is 0 Å². The maximum absolute atomic E-state index is 13.8. The summed E-state index contributed by atoms with van der Waals surface area (Å²) in [5, 5.41) is 0. The molecular formula is C19H15F2N3O2S. The third kappa shape index (κ3) is 3.52. The van der Waals surface area contributed by atoms with Crippen molar-refractivity contribution in [2.24, 2.45) is 4.99 Å². The summed E-state index contributed by atoms with van der Waals surface area (Å²) >= 11 is 0. The summed E-state index contributed by atoms with van der Waals surface area (Å²) in [4.78, 5) is 11.9. The average Bonchev–Trinajstić information content (AvgIpc) is 3.08. The number of hydrogen-bond donors (Lipinski definition) is 1. The van der Waals surface area contributed by atoms with Gasteiger partial charge in [-0.2, -0.15) is 0 Å². The molecule has 4 rings (SSSR count). The van der Waals surface area contributed by atoms with Crippen LogP contribution in [0.3, 0.4) is 0 Å². The van der Waals surface area contributed by atoms with E-state index in [9.17, 15) is 17.2 Å². The molecule has 2 aromatic carbocycles. The van der Waals surface area contributed by atoms with Gasteiger partial charge in [0.05, 0.1) is 27.4 Å². The molecule has 0 spiro atoms. The average molecular weight is 387 g/mol. The standard InChI is InChI=1S/C19H15F2N3O2S/c20-13-4-6-15(21)12(9-13)11-27(25,26)14-5-7-16-18(10-14)24-19(23-16)17-3-1-2-8-22-17/h1,3-7,9-10H,2,8,11H2,(H,23,24). The van der Waals surface area contributed by atoms with Crippen LogP contribution in [0.15, 0.2) is 58.4 Å². The first kappa shape index (κ1) is 17.5. The van der Waals surface area contributed by atoms with Gasteiger partial charge < -0.3 is 4.98 Å². The topological polar surface area (TPSA) is 75.2 Å². The molecule has 1 aliphatic rings. The van der Waals surface area contributed by atoms with Crippen LogP contribution in [0.25, 0.3) is 11.0 Å². The number of H-pyrrole nitrogens is 1. The number of nitrogens with one attached hydrogen (secondary N) is 1. The Labute approximate surface area is 154 Å². The van der Waals surface area contributed by atoms with Crippen molar-refractivity contribution in [3.63, 3.8) is 0 Å². The molecule has 0 aliphatic carbocycles. The highest BCUT2D eigenvalue weighted by Gasteiger charge is 2.20. The number of hydrogen-bond acceptors (Lipinski definition) is 4. The molecule has 2 heterocycles. The van der Waals surface area contributed by atoms with Crippen LogP contribution in [-0.4, -0.2) is 30.6 Å². The smallest absolute Gasteiger partial charge is 0.182 e. The molecule has 0 unspecified atom stereocenters. The van der Waals surface area contributed by atoms with Gasteiger partial charge in [-0.15, -0.1) is 0 Å². The molecule has 0 radical (unpaired) electrons. The number of aromatic amines is 1. The third-order valence-corrected chi connectivity index (χ3v) is 5.93. The lowest BCUT2D eigenvalue weighted by Crippen LogP contribution is -2.07. The number of nitrogens with zero attached hydrogens (tertiary/aromatic N) is 2. The van der Waals surface area contributed by atoms with Crippen LogP contribution in [0.1, 0.15) is 17.8 Å². The Balaban J connectivity index is 1.69. The Morgan fingerprint density at radius 3 is 2.74 bits per heavy atom. The molecule has 1 aromatic heterocycles. The molecular weight excluding hydrogens is 372 g/mol.